The van der Waals surface area contributed by atoms with E-state index in [0.717, 1.165) is 16.7 Å². The van der Waals surface area contributed by atoms with Crippen molar-refractivity contribution in [2.24, 2.45) is 5.92 Å². The normalized spacial score (nSPS) is 17.6. The Balaban J connectivity index is 1.49. The van der Waals surface area contributed by atoms with Gasteiger partial charge in [0.05, 0.1) is 35.5 Å². The van der Waals surface area contributed by atoms with Gasteiger partial charge in [-0.15, -0.1) is 0 Å². The number of benzene rings is 3. The highest BCUT2D eigenvalue weighted by Crippen LogP contribution is 2.46. The average Bonchev–Trinajstić information content (AvgIpc) is 3.53. The van der Waals surface area contributed by atoms with Crippen molar-refractivity contribution in [1.29, 1.82) is 0 Å². The Hall–Kier alpha value is -4.57. The number of aryl methyl sites for hydroxylation is 1. The van der Waals surface area contributed by atoms with Crippen molar-refractivity contribution in [2.45, 2.75) is 33.2 Å². The molecule has 2 aliphatic heterocycles. The van der Waals surface area contributed by atoms with E-state index in [0.29, 0.717) is 70.5 Å². The number of carbonyl (C=O) groups excluding carboxylic acids is 2. The SMILES string of the molecule is COc1cc(C2C(=C(O)c3ccc4c(c3)OCCO4)C(=O)C(=O)N2c2nc3ccc(C)cc3s2)ccc1OCCC(C)C. The molecule has 10 heteroatoms. The van der Waals surface area contributed by atoms with Crippen molar-refractivity contribution in [1.82, 2.24) is 4.98 Å². The molecule has 1 saturated heterocycles. The fraction of sp³-hybridized carbons (Fsp3) is 0.303. The number of fused-ring (bicyclic) bond motifs is 2. The van der Waals surface area contributed by atoms with Crippen molar-refractivity contribution in [3.05, 3.63) is 76.9 Å². The second-order valence-electron chi connectivity index (χ2n) is 10.9. The third-order valence-corrected chi connectivity index (χ3v) is 8.47. The summed E-state index contributed by atoms with van der Waals surface area (Å²) in [6, 6.07) is 15.1. The predicted molar refractivity (Wildman–Crippen MR) is 165 cm³/mol. The molecule has 222 valence electrons. The number of anilines is 1. The molecule has 0 spiro atoms. The molecular weight excluding hydrogens is 568 g/mol. The number of Topliss-reactive ketones (excluding diaryl/α,β-unsaturated/α-hetero) is 1. The number of aromatic nitrogens is 1. The van der Waals surface area contributed by atoms with Crippen LogP contribution in [0.2, 0.25) is 0 Å². The molecule has 3 aromatic carbocycles. The minimum atomic E-state index is -0.978. The number of aliphatic hydroxyl groups excluding tert-OH is 1. The first-order valence-corrected chi connectivity index (χ1v) is 15.0. The molecule has 4 aromatic rings. The summed E-state index contributed by atoms with van der Waals surface area (Å²) < 4.78 is 23.9. The van der Waals surface area contributed by atoms with Gasteiger partial charge in [-0.25, -0.2) is 4.98 Å². The van der Waals surface area contributed by atoms with E-state index in [1.807, 2.05) is 25.1 Å². The van der Waals surface area contributed by atoms with Crippen LogP contribution >= 0.6 is 11.3 Å². The van der Waals surface area contributed by atoms with Crippen LogP contribution in [0, 0.1) is 12.8 Å². The van der Waals surface area contributed by atoms with Crippen LogP contribution in [0.4, 0.5) is 5.13 Å². The maximum Gasteiger partial charge on any atom is 0.301 e. The van der Waals surface area contributed by atoms with Crippen LogP contribution in [-0.2, 0) is 9.59 Å². The van der Waals surface area contributed by atoms with Crippen LogP contribution in [0.25, 0.3) is 16.0 Å². The van der Waals surface area contributed by atoms with Gasteiger partial charge in [0.15, 0.2) is 28.1 Å². The van der Waals surface area contributed by atoms with Crippen LogP contribution in [0.3, 0.4) is 0 Å². The Bertz CT molecular complexity index is 1760. The number of ketones is 1. The molecule has 1 atom stereocenters. The van der Waals surface area contributed by atoms with Crippen LogP contribution in [-0.4, -0.2) is 48.7 Å². The van der Waals surface area contributed by atoms with Crippen molar-refractivity contribution < 1.29 is 33.6 Å². The summed E-state index contributed by atoms with van der Waals surface area (Å²) in [6.07, 6.45) is 0.873. The summed E-state index contributed by atoms with van der Waals surface area (Å²) >= 11 is 1.31. The van der Waals surface area contributed by atoms with Gasteiger partial charge in [-0.3, -0.25) is 14.5 Å². The lowest BCUT2D eigenvalue weighted by atomic mass is 9.95. The number of hydrogen-bond donors (Lipinski definition) is 1. The van der Waals surface area contributed by atoms with Gasteiger partial charge in [0.2, 0.25) is 0 Å². The zero-order valence-electron chi connectivity index (χ0n) is 24.4. The van der Waals surface area contributed by atoms with Gasteiger partial charge in [0.1, 0.15) is 19.0 Å². The lowest BCUT2D eigenvalue weighted by molar-refractivity contribution is -0.132. The van der Waals surface area contributed by atoms with Gasteiger partial charge < -0.3 is 24.1 Å². The molecule has 0 aliphatic carbocycles. The van der Waals surface area contributed by atoms with E-state index in [1.54, 1.807) is 36.4 Å². The van der Waals surface area contributed by atoms with Crippen LogP contribution in [0.1, 0.15) is 43.0 Å². The van der Waals surface area contributed by atoms with Gasteiger partial charge >= 0.3 is 5.91 Å². The summed E-state index contributed by atoms with van der Waals surface area (Å²) in [5.41, 5.74) is 2.59. The smallest absolute Gasteiger partial charge is 0.301 e. The fourth-order valence-electron chi connectivity index (χ4n) is 5.19. The molecule has 43 heavy (non-hydrogen) atoms. The number of amides is 1. The van der Waals surface area contributed by atoms with Crippen LogP contribution in [0.5, 0.6) is 23.0 Å². The maximum absolute atomic E-state index is 13.7. The van der Waals surface area contributed by atoms with E-state index < -0.39 is 17.7 Å². The minimum absolute atomic E-state index is 0.0624. The van der Waals surface area contributed by atoms with Gasteiger partial charge in [0, 0.05) is 5.56 Å². The lowest BCUT2D eigenvalue weighted by Crippen LogP contribution is -2.29. The number of methoxy groups -OCH3 is 1. The Morgan fingerprint density at radius 2 is 1.84 bits per heavy atom. The molecule has 0 radical (unpaired) electrons. The summed E-state index contributed by atoms with van der Waals surface area (Å²) in [7, 11) is 1.54. The van der Waals surface area contributed by atoms with Crippen molar-refractivity contribution >= 4 is 44.1 Å². The molecular formula is C33H32N2O7S. The van der Waals surface area contributed by atoms with E-state index in [-0.39, 0.29) is 11.3 Å². The highest BCUT2D eigenvalue weighted by molar-refractivity contribution is 7.22. The molecule has 0 saturated carbocycles. The van der Waals surface area contributed by atoms with Gasteiger partial charge in [0.25, 0.3) is 5.78 Å². The monoisotopic (exact) mass is 600 g/mol. The highest BCUT2D eigenvalue weighted by atomic mass is 32.1. The molecule has 2 aliphatic rings. The van der Waals surface area contributed by atoms with Crippen LogP contribution in [0.15, 0.2) is 60.2 Å². The van der Waals surface area contributed by atoms with Crippen molar-refractivity contribution in [3.63, 3.8) is 0 Å². The second-order valence-corrected chi connectivity index (χ2v) is 11.9. The number of aliphatic hydroxyl groups is 1. The zero-order chi connectivity index (χ0) is 30.2. The lowest BCUT2D eigenvalue weighted by Gasteiger charge is -2.24. The van der Waals surface area contributed by atoms with Crippen LogP contribution < -0.4 is 23.8 Å². The molecule has 0 bridgehead atoms. The number of nitrogens with zero attached hydrogens (tertiary/aromatic N) is 2. The molecule has 1 fully saturated rings. The predicted octanol–water partition coefficient (Wildman–Crippen LogP) is 6.44. The minimum Gasteiger partial charge on any atom is -0.507 e. The molecule has 1 aromatic heterocycles. The fourth-order valence-corrected chi connectivity index (χ4v) is 6.28. The number of hydrogen-bond acceptors (Lipinski definition) is 9. The summed E-state index contributed by atoms with van der Waals surface area (Å²) in [6.45, 7) is 7.53. The molecule has 1 amide bonds. The first-order chi connectivity index (χ1) is 20.7. The first-order valence-electron chi connectivity index (χ1n) is 14.1. The molecule has 1 unspecified atom stereocenters. The molecule has 3 heterocycles. The number of rotatable bonds is 8. The van der Waals surface area contributed by atoms with Gasteiger partial charge in [-0.1, -0.05) is 37.3 Å². The number of carbonyl (C=O) groups is 2. The third kappa shape index (κ3) is 5.38. The summed E-state index contributed by atoms with van der Waals surface area (Å²) in [5, 5.41) is 12.0. The van der Waals surface area contributed by atoms with E-state index >= 15 is 0 Å². The average molecular weight is 601 g/mol. The Morgan fingerprint density at radius 3 is 2.60 bits per heavy atom. The van der Waals surface area contributed by atoms with Crippen molar-refractivity contribution in [2.75, 3.05) is 31.8 Å². The van der Waals surface area contributed by atoms with E-state index in [2.05, 4.69) is 13.8 Å². The molecule has 1 N–H and O–H groups in total. The largest absolute Gasteiger partial charge is 0.507 e. The Kier molecular flexibility index (Phi) is 7.70. The number of ether oxygens (including phenoxy) is 4. The topological polar surface area (TPSA) is 107 Å². The molecule has 9 nitrogen and oxygen atoms in total. The Morgan fingerprint density at radius 1 is 1.05 bits per heavy atom. The summed E-state index contributed by atoms with van der Waals surface area (Å²) in [4.78, 5) is 33.5. The highest BCUT2D eigenvalue weighted by Gasteiger charge is 2.48. The quantitative estimate of drug-likeness (QED) is 0.140. The van der Waals surface area contributed by atoms with Gasteiger partial charge in [-0.2, -0.15) is 0 Å². The zero-order valence-corrected chi connectivity index (χ0v) is 25.2. The van der Waals surface area contributed by atoms with E-state index in [9.17, 15) is 14.7 Å². The second kappa shape index (κ2) is 11.6. The summed E-state index contributed by atoms with van der Waals surface area (Å²) in [5.74, 6) is 0.547. The van der Waals surface area contributed by atoms with Gasteiger partial charge in [-0.05, 0) is 72.9 Å². The maximum atomic E-state index is 13.7. The standard InChI is InChI=1S/C33H32N2O7S/c1-18(2)11-12-40-23-9-6-20(16-25(23)39-4)29-28(30(36)21-7-10-24-26(17-21)42-14-13-41-24)31(37)32(38)35(29)33-34-22-8-5-19(3)15-27(22)43-33/h5-10,15-18,29,36H,11-14H2,1-4H3. The number of thiazole rings is 1. The molecule has 6 rings (SSSR count). The third-order valence-electron chi connectivity index (χ3n) is 7.45. The van der Waals surface area contributed by atoms with E-state index in [4.69, 9.17) is 23.9 Å². The van der Waals surface area contributed by atoms with Crippen molar-refractivity contribution in [3.8, 4) is 23.0 Å². The van der Waals surface area contributed by atoms with E-state index in [1.165, 1.54) is 23.3 Å². The first kappa shape index (κ1) is 28.5. The Labute approximate surface area is 253 Å².